The SMILES string of the molecule is CCC(N)C(C)Sc1nnnn1-c1ccccc1. The van der Waals surface area contributed by atoms with Crippen LogP contribution in [0.3, 0.4) is 0 Å². The van der Waals surface area contributed by atoms with Crippen molar-refractivity contribution in [2.75, 3.05) is 0 Å². The summed E-state index contributed by atoms with van der Waals surface area (Å²) in [5, 5.41) is 12.9. The smallest absolute Gasteiger partial charge is 0.214 e. The Balaban J connectivity index is 2.19. The molecule has 6 heteroatoms. The molecule has 0 fully saturated rings. The molecule has 0 aliphatic carbocycles. The van der Waals surface area contributed by atoms with Crippen LogP contribution in [0.25, 0.3) is 5.69 Å². The largest absolute Gasteiger partial charge is 0.327 e. The summed E-state index contributed by atoms with van der Waals surface area (Å²) in [7, 11) is 0. The fraction of sp³-hybridized carbons (Fsp3) is 0.417. The Kier molecular flexibility index (Phi) is 4.33. The highest BCUT2D eigenvalue weighted by Crippen LogP contribution is 2.24. The van der Waals surface area contributed by atoms with E-state index in [1.165, 1.54) is 0 Å². The number of para-hydroxylation sites is 1. The van der Waals surface area contributed by atoms with Crippen LogP contribution in [0.2, 0.25) is 0 Å². The predicted octanol–water partition coefficient (Wildman–Crippen LogP) is 1.88. The van der Waals surface area contributed by atoms with E-state index < -0.39 is 0 Å². The maximum Gasteiger partial charge on any atom is 0.214 e. The van der Waals surface area contributed by atoms with E-state index >= 15 is 0 Å². The quantitative estimate of drug-likeness (QED) is 0.834. The van der Waals surface area contributed by atoms with Gasteiger partial charge in [-0.25, -0.2) is 0 Å². The van der Waals surface area contributed by atoms with Crippen LogP contribution in [0.1, 0.15) is 20.3 Å². The van der Waals surface area contributed by atoms with Gasteiger partial charge in [0, 0.05) is 11.3 Å². The van der Waals surface area contributed by atoms with Crippen molar-refractivity contribution in [2.24, 2.45) is 5.73 Å². The highest BCUT2D eigenvalue weighted by atomic mass is 32.2. The summed E-state index contributed by atoms with van der Waals surface area (Å²) in [5.41, 5.74) is 6.98. The Morgan fingerprint density at radius 1 is 1.33 bits per heavy atom. The van der Waals surface area contributed by atoms with Crippen molar-refractivity contribution >= 4 is 11.8 Å². The van der Waals surface area contributed by atoms with Gasteiger partial charge in [0.2, 0.25) is 5.16 Å². The average molecular weight is 263 g/mol. The molecular weight excluding hydrogens is 246 g/mol. The molecule has 18 heavy (non-hydrogen) atoms. The lowest BCUT2D eigenvalue weighted by Gasteiger charge is -2.16. The van der Waals surface area contributed by atoms with Gasteiger partial charge in [-0.05, 0) is 29.0 Å². The lowest BCUT2D eigenvalue weighted by Crippen LogP contribution is -2.29. The standard InChI is InChI=1S/C12H17N5S/c1-3-11(13)9(2)18-12-14-15-16-17(12)10-7-5-4-6-8-10/h4-9,11H,3,13H2,1-2H3. The fourth-order valence-corrected chi connectivity index (χ4v) is 2.59. The number of nitrogens with two attached hydrogens (primary N) is 1. The van der Waals surface area contributed by atoms with Gasteiger partial charge in [0.15, 0.2) is 0 Å². The summed E-state index contributed by atoms with van der Waals surface area (Å²) in [6.07, 6.45) is 0.946. The minimum Gasteiger partial charge on any atom is -0.327 e. The zero-order chi connectivity index (χ0) is 13.0. The van der Waals surface area contributed by atoms with Crippen molar-refractivity contribution in [2.45, 2.75) is 36.7 Å². The molecule has 2 atom stereocenters. The summed E-state index contributed by atoms with van der Waals surface area (Å²) in [5.74, 6) is 0. The summed E-state index contributed by atoms with van der Waals surface area (Å²) < 4.78 is 1.74. The number of hydrogen-bond acceptors (Lipinski definition) is 5. The molecule has 0 amide bonds. The van der Waals surface area contributed by atoms with E-state index in [0.717, 1.165) is 17.3 Å². The Morgan fingerprint density at radius 2 is 2.06 bits per heavy atom. The molecule has 0 spiro atoms. The number of thioether (sulfide) groups is 1. The Bertz CT molecular complexity index is 484. The Labute approximate surface area is 111 Å². The van der Waals surface area contributed by atoms with E-state index in [1.54, 1.807) is 16.4 Å². The molecule has 0 aliphatic rings. The molecule has 1 aromatic heterocycles. The fourth-order valence-electron chi connectivity index (χ4n) is 1.57. The van der Waals surface area contributed by atoms with Crippen LogP contribution >= 0.6 is 11.8 Å². The van der Waals surface area contributed by atoms with E-state index in [9.17, 15) is 0 Å². The van der Waals surface area contributed by atoms with Gasteiger partial charge in [-0.2, -0.15) is 4.68 Å². The van der Waals surface area contributed by atoms with Crippen LogP contribution in [0, 0.1) is 0 Å². The van der Waals surface area contributed by atoms with E-state index in [1.807, 2.05) is 30.3 Å². The molecule has 1 heterocycles. The first-order valence-electron chi connectivity index (χ1n) is 5.98. The van der Waals surface area contributed by atoms with Crippen LogP contribution < -0.4 is 5.73 Å². The summed E-state index contributed by atoms with van der Waals surface area (Å²) in [6, 6.07) is 10.0. The summed E-state index contributed by atoms with van der Waals surface area (Å²) in [6.45, 7) is 4.19. The van der Waals surface area contributed by atoms with Gasteiger partial charge >= 0.3 is 0 Å². The predicted molar refractivity (Wildman–Crippen MR) is 72.7 cm³/mol. The van der Waals surface area contributed by atoms with Gasteiger partial charge in [-0.1, -0.05) is 43.8 Å². The minimum atomic E-state index is 0.149. The molecule has 0 bridgehead atoms. The Morgan fingerprint density at radius 3 is 2.72 bits per heavy atom. The van der Waals surface area contributed by atoms with E-state index in [-0.39, 0.29) is 11.3 Å². The lowest BCUT2D eigenvalue weighted by atomic mass is 10.2. The molecule has 2 N–H and O–H groups in total. The van der Waals surface area contributed by atoms with E-state index in [0.29, 0.717) is 0 Å². The number of tetrazole rings is 1. The molecular formula is C12H17N5S. The van der Waals surface area contributed by atoms with E-state index in [4.69, 9.17) is 5.73 Å². The number of aromatic nitrogens is 4. The molecule has 2 unspecified atom stereocenters. The lowest BCUT2D eigenvalue weighted by molar-refractivity contribution is 0.639. The van der Waals surface area contributed by atoms with Gasteiger partial charge in [-0.3, -0.25) is 0 Å². The van der Waals surface area contributed by atoms with Crippen LogP contribution in [0.15, 0.2) is 35.5 Å². The topological polar surface area (TPSA) is 69.6 Å². The highest BCUT2D eigenvalue weighted by Gasteiger charge is 2.17. The van der Waals surface area contributed by atoms with Crippen LogP contribution in [-0.4, -0.2) is 31.5 Å². The van der Waals surface area contributed by atoms with Gasteiger partial charge in [0.1, 0.15) is 0 Å². The van der Waals surface area contributed by atoms with Crippen molar-refractivity contribution in [1.29, 1.82) is 0 Å². The first-order chi connectivity index (χ1) is 8.72. The van der Waals surface area contributed by atoms with Gasteiger partial charge in [0.25, 0.3) is 0 Å². The van der Waals surface area contributed by atoms with Gasteiger partial charge < -0.3 is 5.73 Å². The first-order valence-corrected chi connectivity index (χ1v) is 6.86. The molecule has 0 aliphatic heterocycles. The van der Waals surface area contributed by atoms with Crippen molar-refractivity contribution in [1.82, 2.24) is 20.2 Å². The molecule has 0 saturated carbocycles. The second kappa shape index (κ2) is 5.97. The second-order valence-electron chi connectivity index (χ2n) is 4.10. The highest BCUT2D eigenvalue weighted by molar-refractivity contribution is 7.99. The molecule has 0 radical (unpaired) electrons. The molecule has 0 saturated heterocycles. The van der Waals surface area contributed by atoms with Crippen LogP contribution in [-0.2, 0) is 0 Å². The zero-order valence-electron chi connectivity index (χ0n) is 10.5. The number of hydrogen-bond donors (Lipinski definition) is 1. The number of nitrogens with zero attached hydrogens (tertiary/aromatic N) is 4. The molecule has 5 nitrogen and oxygen atoms in total. The third-order valence-electron chi connectivity index (χ3n) is 2.81. The second-order valence-corrected chi connectivity index (χ2v) is 5.45. The monoisotopic (exact) mass is 263 g/mol. The van der Waals surface area contributed by atoms with Crippen molar-refractivity contribution in [3.8, 4) is 5.69 Å². The molecule has 1 aromatic carbocycles. The molecule has 96 valence electrons. The van der Waals surface area contributed by atoms with Crippen molar-refractivity contribution in [3.05, 3.63) is 30.3 Å². The summed E-state index contributed by atoms with van der Waals surface area (Å²) >= 11 is 1.61. The van der Waals surface area contributed by atoms with Gasteiger partial charge in [0.05, 0.1) is 5.69 Å². The summed E-state index contributed by atoms with van der Waals surface area (Å²) in [4.78, 5) is 0. The minimum absolute atomic E-state index is 0.149. The van der Waals surface area contributed by atoms with E-state index in [2.05, 4.69) is 29.4 Å². The van der Waals surface area contributed by atoms with Crippen molar-refractivity contribution in [3.63, 3.8) is 0 Å². The maximum absolute atomic E-state index is 6.02. The van der Waals surface area contributed by atoms with Crippen LogP contribution in [0.4, 0.5) is 0 Å². The third-order valence-corrected chi connectivity index (χ3v) is 3.99. The number of benzene rings is 1. The average Bonchev–Trinajstić information content (AvgIpc) is 2.86. The third kappa shape index (κ3) is 2.88. The normalized spacial score (nSPS) is 14.4. The molecule has 2 rings (SSSR count). The van der Waals surface area contributed by atoms with Crippen molar-refractivity contribution < 1.29 is 0 Å². The van der Waals surface area contributed by atoms with Gasteiger partial charge in [-0.15, -0.1) is 5.10 Å². The zero-order valence-corrected chi connectivity index (χ0v) is 11.3. The maximum atomic E-state index is 6.02. The number of rotatable bonds is 5. The Hall–Kier alpha value is -1.40. The molecule has 2 aromatic rings. The first kappa shape index (κ1) is 13.0. The van der Waals surface area contributed by atoms with Crippen LogP contribution in [0.5, 0.6) is 0 Å².